The fraction of sp³-hybridized carbons (Fsp3) is 0.621. The van der Waals surface area contributed by atoms with Crippen molar-refractivity contribution in [2.75, 3.05) is 25.6 Å². The van der Waals surface area contributed by atoms with Crippen molar-refractivity contribution in [2.24, 2.45) is 23.7 Å². The summed E-state index contributed by atoms with van der Waals surface area (Å²) in [5.41, 5.74) is 0.293. The maximum absolute atomic E-state index is 14.0. The molecule has 3 heterocycles. The Balaban J connectivity index is 1.42. The molecule has 2 saturated heterocycles. The van der Waals surface area contributed by atoms with Crippen LogP contribution in [0, 0.1) is 30.6 Å². The lowest BCUT2D eigenvalue weighted by molar-refractivity contribution is -0.141. The fourth-order valence-corrected chi connectivity index (χ4v) is 7.01. The lowest BCUT2D eigenvalue weighted by Crippen LogP contribution is -2.58. The number of carbonyl (C=O) groups is 3. The summed E-state index contributed by atoms with van der Waals surface area (Å²) >= 11 is 6.26. The van der Waals surface area contributed by atoms with Gasteiger partial charge >= 0.3 is 0 Å². The molecule has 1 aromatic rings. The SMILES string of the molecule is COCCCN1C(=O)C2C(C(=O)Nc3ccc(C)c(Cl)c3)C3C=CC2(O3)C1C(=O)NC1CCCC(C)C1C. The third-order valence-electron chi connectivity index (χ3n) is 9.15. The number of carbonyl (C=O) groups excluding carboxylic acids is 3. The smallest absolute Gasteiger partial charge is 0.246 e. The van der Waals surface area contributed by atoms with Gasteiger partial charge in [-0.1, -0.05) is 56.5 Å². The number of ether oxygens (including phenoxy) is 2. The van der Waals surface area contributed by atoms with Crippen molar-refractivity contribution in [1.82, 2.24) is 10.2 Å². The number of amides is 3. The molecule has 206 valence electrons. The first-order valence-corrected chi connectivity index (χ1v) is 14.1. The molecule has 4 aliphatic rings. The van der Waals surface area contributed by atoms with Gasteiger partial charge in [0.15, 0.2) is 0 Å². The van der Waals surface area contributed by atoms with E-state index in [1.54, 1.807) is 24.1 Å². The Bertz CT molecular complexity index is 1140. The van der Waals surface area contributed by atoms with Crippen LogP contribution in [0.25, 0.3) is 0 Å². The molecule has 8 unspecified atom stereocenters. The maximum atomic E-state index is 14.0. The van der Waals surface area contributed by atoms with Gasteiger partial charge in [0.25, 0.3) is 0 Å². The number of nitrogens with zero attached hydrogens (tertiary/aromatic N) is 1. The number of methoxy groups -OCH3 is 1. The van der Waals surface area contributed by atoms with Crippen molar-refractivity contribution in [3.05, 3.63) is 40.9 Å². The van der Waals surface area contributed by atoms with Gasteiger partial charge in [0.2, 0.25) is 17.7 Å². The summed E-state index contributed by atoms with van der Waals surface area (Å²) in [4.78, 5) is 43.1. The van der Waals surface area contributed by atoms with E-state index >= 15 is 0 Å². The van der Waals surface area contributed by atoms with E-state index in [0.29, 0.717) is 42.1 Å². The molecule has 1 spiro atoms. The van der Waals surface area contributed by atoms with Crippen molar-refractivity contribution in [2.45, 2.75) is 70.2 Å². The minimum atomic E-state index is -1.17. The van der Waals surface area contributed by atoms with Gasteiger partial charge in [-0.25, -0.2) is 0 Å². The Hall–Kier alpha value is -2.42. The van der Waals surface area contributed by atoms with E-state index in [-0.39, 0.29) is 23.8 Å². The summed E-state index contributed by atoms with van der Waals surface area (Å²) in [5.74, 6) is -1.40. The molecule has 2 bridgehead atoms. The second-order valence-electron chi connectivity index (χ2n) is 11.4. The van der Waals surface area contributed by atoms with Crippen LogP contribution in [0.15, 0.2) is 30.4 Å². The molecule has 5 rings (SSSR count). The average molecular weight is 544 g/mol. The van der Waals surface area contributed by atoms with Crippen LogP contribution in [0.1, 0.15) is 45.1 Å². The van der Waals surface area contributed by atoms with Gasteiger partial charge in [-0.3, -0.25) is 14.4 Å². The molecule has 3 fully saturated rings. The molecule has 8 nitrogen and oxygen atoms in total. The molecule has 1 aliphatic carbocycles. The van der Waals surface area contributed by atoms with Crippen LogP contribution in [0.3, 0.4) is 0 Å². The lowest BCUT2D eigenvalue weighted by atomic mass is 9.73. The summed E-state index contributed by atoms with van der Waals surface area (Å²) in [6.07, 6.45) is 6.82. The Kier molecular flexibility index (Phi) is 7.59. The van der Waals surface area contributed by atoms with E-state index in [0.717, 1.165) is 24.8 Å². The predicted molar refractivity (Wildman–Crippen MR) is 145 cm³/mol. The number of likely N-dealkylation sites (tertiary alicyclic amines) is 1. The van der Waals surface area contributed by atoms with Gasteiger partial charge in [0.05, 0.1) is 17.9 Å². The highest BCUT2D eigenvalue weighted by Gasteiger charge is 2.72. The number of aryl methyl sites for hydroxylation is 1. The topological polar surface area (TPSA) is 97.0 Å². The number of hydrogen-bond acceptors (Lipinski definition) is 5. The average Bonchev–Trinajstić information content (AvgIpc) is 3.52. The molecular weight excluding hydrogens is 506 g/mol. The quantitative estimate of drug-likeness (QED) is 0.385. The Morgan fingerprint density at radius 1 is 1.24 bits per heavy atom. The Morgan fingerprint density at radius 2 is 2.03 bits per heavy atom. The van der Waals surface area contributed by atoms with Crippen LogP contribution < -0.4 is 10.6 Å². The number of anilines is 1. The highest BCUT2D eigenvalue weighted by molar-refractivity contribution is 6.31. The molecule has 1 aromatic carbocycles. The fourth-order valence-electron chi connectivity index (χ4n) is 6.83. The summed E-state index contributed by atoms with van der Waals surface area (Å²) < 4.78 is 11.6. The minimum absolute atomic E-state index is 0.0468. The molecule has 38 heavy (non-hydrogen) atoms. The lowest BCUT2D eigenvalue weighted by Gasteiger charge is -2.38. The maximum Gasteiger partial charge on any atom is 0.246 e. The molecule has 2 N–H and O–H groups in total. The first-order chi connectivity index (χ1) is 18.2. The standard InChI is InChI=1S/C29H38ClN3O5/c1-16-7-5-8-21(18(16)3)32-27(35)25-29-12-11-22(38-29)23(24(29)28(36)33(25)13-6-14-37-4)26(34)31-19-10-9-17(2)20(30)15-19/h9-12,15-16,18,21-25H,5-8,13-14H2,1-4H3,(H,31,34)(H,32,35). The number of halogens is 1. The molecule has 0 radical (unpaired) electrons. The minimum Gasteiger partial charge on any atom is -0.385 e. The predicted octanol–water partition coefficient (Wildman–Crippen LogP) is 3.71. The van der Waals surface area contributed by atoms with E-state index in [2.05, 4.69) is 24.5 Å². The van der Waals surface area contributed by atoms with Crippen molar-refractivity contribution < 1.29 is 23.9 Å². The van der Waals surface area contributed by atoms with Crippen LogP contribution >= 0.6 is 11.6 Å². The van der Waals surface area contributed by atoms with E-state index in [9.17, 15) is 14.4 Å². The van der Waals surface area contributed by atoms with Crippen LogP contribution in [-0.4, -0.2) is 66.7 Å². The highest BCUT2D eigenvalue weighted by Crippen LogP contribution is 2.55. The van der Waals surface area contributed by atoms with Crippen molar-refractivity contribution in [1.29, 1.82) is 0 Å². The first kappa shape index (κ1) is 27.2. The van der Waals surface area contributed by atoms with E-state index in [1.165, 1.54) is 0 Å². The Labute approximate surface area is 229 Å². The van der Waals surface area contributed by atoms with E-state index < -0.39 is 29.6 Å². The van der Waals surface area contributed by atoms with Gasteiger partial charge in [-0.05, 0) is 49.3 Å². The number of hydrogen-bond donors (Lipinski definition) is 2. The third-order valence-corrected chi connectivity index (χ3v) is 9.55. The molecule has 8 atom stereocenters. The molecule has 3 amide bonds. The summed E-state index contributed by atoms with van der Waals surface area (Å²) in [7, 11) is 1.61. The van der Waals surface area contributed by atoms with Crippen LogP contribution in [0.2, 0.25) is 5.02 Å². The number of fused-ring (bicyclic) bond motifs is 1. The first-order valence-electron chi connectivity index (χ1n) is 13.7. The number of benzene rings is 1. The molecule has 9 heteroatoms. The van der Waals surface area contributed by atoms with Crippen LogP contribution in [0.5, 0.6) is 0 Å². The van der Waals surface area contributed by atoms with Gasteiger partial charge < -0.3 is 25.0 Å². The Morgan fingerprint density at radius 3 is 2.76 bits per heavy atom. The second kappa shape index (κ2) is 10.6. The zero-order chi connectivity index (χ0) is 27.2. The summed E-state index contributed by atoms with van der Waals surface area (Å²) in [5, 5.41) is 6.75. The second-order valence-corrected chi connectivity index (χ2v) is 11.8. The molecule has 0 aromatic heterocycles. The van der Waals surface area contributed by atoms with Crippen molar-refractivity contribution in [3.8, 4) is 0 Å². The van der Waals surface area contributed by atoms with Gasteiger partial charge in [0, 0.05) is 37.0 Å². The molecule has 3 aliphatic heterocycles. The van der Waals surface area contributed by atoms with Crippen molar-refractivity contribution >= 4 is 35.0 Å². The van der Waals surface area contributed by atoms with Crippen LogP contribution in [-0.2, 0) is 23.9 Å². The number of rotatable bonds is 8. The van der Waals surface area contributed by atoms with Gasteiger partial charge in [-0.2, -0.15) is 0 Å². The highest BCUT2D eigenvalue weighted by atomic mass is 35.5. The van der Waals surface area contributed by atoms with E-state index in [1.807, 2.05) is 25.1 Å². The monoisotopic (exact) mass is 543 g/mol. The summed E-state index contributed by atoms with van der Waals surface area (Å²) in [6.45, 7) is 7.11. The van der Waals surface area contributed by atoms with Gasteiger partial charge in [-0.15, -0.1) is 0 Å². The summed E-state index contributed by atoms with van der Waals surface area (Å²) in [6, 6.07) is 4.53. The molecule has 1 saturated carbocycles. The van der Waals surface area contributed by atoms with Crippen molar-refractivity contribution in [3.63, 3.8) is 0 Å². The normalized spacial score (nSPS) is 35.4. The van der Waals surface area contributed by atoms with E-state index in [4.69, 9.17) is 21.1 Å². The van der Waals surface area contributed by atoms with Crippen LogP contribution in [0.4, 0.5) is 5.69 Å². The zero-order valence-corrected chi connectivity index (χ0v) is 23.3. The largest absolute Gasteiger partial charge is 0.385 e. The zero-order valence-electron chi connectivity index (χ0n) is 22.5. The van der Waals surface area contributed by atoms with Gasteiger partial charge in [0.1, 0.15) is 11.6 Å². The number of nitrogens with one attached hydrogen (secondary N) is 2. The third kappa shape index (κ3) is 4.54. The molecular formula is C29H38ClN3O5.